The molecule has 0 aliphatic heterocycles. The van der Waals surface area contributed by atoms with Gasteiger partial charge in [0.05, 0.1) is 18.8 Å². The largest absolute Gasteiger partial charge is 0.396 e. The van der Waals surface area contributed by atoms with Gasteiger partial charge in [-0.15, -0.1) is 0 Å². The highest BCUT2D eigenvalue weighted by Gasteiger charge is 2.05. The van der Waals surface area contributed by atoms with E-state index in [1.54, 1.807) is 11.8 Å². The average Bonchev–Trinajstić information content (AvgIpc) is 2.09. The van der Waals surface area contributed by atoms with Crippen LogP contribution in [0, 0.1) is 0 Å². The second-order valence-corrected chi connectivity index (χ2v) is 4.34. The molecule has 0 aliphatic rings. The van der Waals surface area contributed by atoms with Gasteiger partial charge in [0.15, 0.2) is 0 Å². The van der Waals surface area contributed by atoms with Crippen molar-refractivity contribution in [1.29, 1.82) is 0 Å². The van der Waals surface area contributed by atoms with Crippen molar-refractivity contribution < 1.29 is 14.9 Å². The second-order valence-electron chi connectivity index (χ2n) is 3.19. The predicted molar refractivity (Wildman–Crippen MR) is 56.1 cm³/mol. The van der Waals surface area contributed by atoms with E-state index in [1.165, 1.54) is 0 Å². The molecule has 0 heterocycles. The highest BCUT2D eigenvalue weighted by Crippen LogP contribution is 2.05. The van der Waals surface area contributed by atoms with Crippen molar-refractivity contribution in [2.24, 2.45) is 0 Å². The lowest BCUT2D eigenvalue weighted by atomic mass is 10.4. The Morgan fingerprint density at radius 3 is 2.62 bits per heavy atom. The molecule has 0 fully saturated rings. The van der Waals surface area contributed by atoms with Crippen molar-refractivity contribution in [3.8, 4) is 0 Å². The molecule has 0 saturated carbocycles. The first-order valence-corrected chi connectivity index (χ1v) is 5.80. The summed E-state index contributed by atoms with van der Waals surface area (Å²) in [4.78, 5) is 0. The van der Waals surface area contributed by atoms with Gasteiger partial charge in [0.1, 0.15) is 0 Å². The van der Waals surface area contributed by atoms with Crippen LogP contribution in [-0.2, 0) is 4.74 Å². The van der Waals surface area contributed by atoms with Crippen molar-refractivity contribution in [2.75, 3.05) is 24.7 Å². The summed E-state index contributed by atoms with van der Waals surface area (Å²) in [5.41, 5.74) is 0. The van der Waals surface area contributed by atoms with E-state index in [9.17, 15) is 5.11 Å². The van der Waals surface area contributed by atoms with Crippen LogP contribution in [0.3, 0.4) is 0 Å². The van der Waals surface area contributed by atoms with Crippen LogP contribution in [0.1, 0.15) is 20.3 Å². The Kier molecular flexibility index (Phi) is 8.97. The molecule has 0 radical (unpaired) electrons. The van der Waals surface area contributed by atoms with E-state index in [4.69, 9.17) is 9.84 Å². The Bertz CT molecular complexity index is 109. The number of hydrogen-bond acceptors (Lipinski definition) is 4. The molecule has 0 aromatic heterocycles. The van der Waals surface area contributed by atoms with Crippen LogP contribution >= 0.6 is 11.8 Å². The summed E-state index contributed by atoms with van der Waals surface area (Å²) < 4.78 is 5.25. The van der Waals surface area contributed by atoms with E-state index in [1.807, 2.05) is 13.8 Å². The molecule has 0 saturated heterocycles. The lowest BCUT2D eigenvalue weighted by molar-refractivity contribution is 0.0152. The van der Waals surface area contributed by atoms with Gasteiger partial charge >= 0.3 is 0 Å². The monoisotopic (exact) mass is 208 g/mol. The predicted octanol–water partition coefficient (Wildman–Crippen LogP) is 0.888. The zero-order chi connectivity index (χ0) is 10.1. The first-order valence-electron chi connectivity index (χ1n) is 4.65. The molecule has 1 atom stereocenters. The van der Waals surface area contributed by atoms with E-state index >= 15 is 0 Å². The van der Waals surface area contributed by atoms with Gasteiger partial charge < -0.3 is 14.9 Å². The second kappa shape index (κ2) is 8.81. The Morgan fingerprint density at radius 2 is 2.08 bits per heavy atom. The van der Waals surface area contributed by atoms with E-state index in [-0.39, 0.29) is 18.8 Å². The van der Waals surface area contributed by atoms with Gasteiger partial charge in [0.2, 0.25) is 0 Å². The third kappa shape index (κ3) is 10.1. The number of thioether (sulfide) groups is 1. The van der Waals surface area contributed by atoms with Crippen molar-refractivity contribution in [2.45, 2.75) is 32.5 Å². The maximum atomic E-state index is 9.39. The quantitative estimate of drug-likeness (QED) is 0.582. The maximum Gasteiger partial charge on any atom is 0.0863 e. The normalized spacial score (nSPS) is 13.6. The van der Waals surface area contributed by atoms with Crippen molar-refractivity contribution >= 4 is 11.8 Å². The van der Waals surface area contributed by atoms with Crippen LogP contribution in [0.15, 0.2) is 0 Å². The smallest absolute Gasteiger partial charge is 0.0863 e. The highest BCUT2D eigenvalue weighted by molar-refractivity contribution is 7.99. The minimum Gasteiger partial charge on any atom is -0.396 e. The van der Waals surface area contributed by atoms with Gasteiger partial charge in [-0.05, 0) is 26.0 Å². The van der Waals surface area contributed by atoms with Crippen LogP contribution < -0.4 is 0 Å². The zero-order valence-electron chi connectivity index (χ0n) is 8.40. The number of aliphatic hydroxyl groups excluding tert-OH is 2. The SMILES string of the molecule is CC(C)OCC(O)CSCCCO. The molecular formula is C9H20O3S. The van der Waals surface area contributed by atoms with E-state index in [0.717, 1.165) is 12.2 Å². The third-order valence-corrected chi connectivity index (χ3v) is 2.58. The topological polar surface area (TPSA) is 49.7 Å². The molecule has 1 unspecified atom stereocenters. The molecule has 4 heteroatoms. The summed E-state index contributed by atoms with van der Waals surface area (Å²) in [6.07, 6.45) is 0.589. The highest BCUT2D eigenvalue weighted by atomic mass is 32.2. The standard InChI is InChI=1S/C9H20O3S/c1-8(2)12-6-9(11)7-13-5-3-4-10/h8-11H,3-7H2,1-2H3. The number of ether oxygens (including phenoxy) is 1. The van der Waals surface area contributed by atoms with Gasteiger partial charge in [0, 0.05) is 12.4 Å². The zero-order valence-corrected chi connectivity index (χ0v) is 9.22. The summed E-state index contributed by atoms with van der Waals surface area (Å²) in [7, 11) is 0. The summed E-state index contributed by atoms with van der Waals surface area (Å²) in [5.74, 6) is 1.59. The van der Waals surface area contributed by atoms with Crippen LogP contribution in [0.5, 0.6) is 0 Å². The van der Waals surface area contributed by atoms with Gasteiger partial charge in [-0.3, -0.25) is 0 Å². The molecule has 2 N–H and O–H groups in total. The summed E-state index contributed by atoms with van der Waals surface area (Å²) >= 11 is 1.65. The van der Waals surface area contributed by atoms with Crippen LogP contribution in [0.2, 0.25) is 0 Å². The van der Waals surface area contributed by atoms with Crippen LogP contribution in [-0.4, -0.2) is 47.1 Å². The fraction of sp³-hybridized carbons (Fsp3) is 1.00. The molecular weight excluding hydrogens is 188 g/mol. The minimum atomic E-state index is -0.383. The lowest BCUT2D eigenvalue weighted by Crippen LogP contribution is -2.20. The molecule has 0 spiro atoms. The fourth-order valence-corrected chi connectivity index (χ4v) is 1.61. The summed E-state index contributed by atoms with van der Waals surface area (Å²) in [5, 5.41) is 17.9. The molecule has 0 bridgehead atoms. The van der Waals surface area contributed by atoms with Crippen molar-refractivity contribution in [3.05, 3.63) is 0 Å². The number of aliphatic hydroxyl groups is 2. The number of rotatable bonds is 8. The van der Waals surface area contributed by atoms with Gasteiger partial charge in [-0.1, -0.05) is 0 Å². The Balaban J connectivity index is 3.15. The van der Waals surface area contributed by atoms with Gasteiger partial charge in [-0.2, -0.15) is 11.8 Å². The van der Waals surface area contributed by atoms with E-state index < -0.39 is 0 Å². The third-order valence-electron chi connectivity index (χ3n) is 1.38. The Labute approximate surface area is 84.5 Å². The molecule has 0 amide bonds. The van der Waals surface area contributed by atoms with E-state index in [0.29, 0.717) is 12.4 Å². The Morgan fingerprint density at radius 1 is 1.38 bits per heavy atom. The molecule has 13 heavy (non-hydrogen) atoms. The molecule has 0 aliphatic carbocycles. The Hall–Kier alpha value is 0.230. The van der Waals surface area contributed by atoms with E-state index in [2.05, 4.69) is 0 Å². The van der Waals surface area contributed by atoms with Gasteiger partial charge in [0.25, 0.3) is 0 Å². The molecule has 3 nitrogen and oxygen atoms in total. The molecule has 80 valence electrons. The molecule has 0 aromatic rings. The average molecular weight is 208 g/mol. The first-order chi connectivity index (χ1) is 6.16. The number of hydrogen-bond donors (Lipinski definition) is 2. The fourth-order valence-electron chi connectivity index (χ4n) is 0.738. The molecule has 0 aromatic carbocycles. The minimum absolute atomic E-state index is 0.178. The van der Waals surface area contributed by atoms with Crippen LogP contribution in [0.25, 0.3) is 0 Å². The van der Waals surface area contributed by atoms with Gasteiger partial charge in [-0.25, -0.2) is 0 Å². The van der Waals surface area contributed by atoms with Crippen molar-refractivity contribution in [1.82, 2.24) is 0 Å². The first kappa shape index (κ1) is 13.2. The lowest BCUT2D eigenvalue weighted by Gasteiger charge is -2.12. The summed E-state index contributed by atoms with van der Waals surface area (Å²) in [6.45, 7) is 4.53. The van der Waals surface area contributed by atoms with Crippen molar-refractivity contribution in [3.63, 3.8) is 0 Å². The maximum absolute atomic E-state index is 9.39. The summed E-state index contributed by atoms with van der Waals surface area (Å²) in [6, 6.07) is 0. The van der Waals surface area contributed by atoms with Crippen LogP contribution in [0.4, 0.5) is 0 Å². The molecule has 0 rings (SSSR count).